The molecule has 0 aliphatic rings. The van der Waals surface area contributed by atoms with Gasteiger partial charge in [-0.15, -0.1) is 0 Å². The van der Waals surface area contributed by atoms with Crippen molar-refractivity contribution in [2.24, 2.45) is 0 Å². The van der Waals surface area contributed by atoms with Gasteiger partial charge in [-0.1, -0.05) is 0 Å². The van der Waals surface area contributed by atoms with Crippen LogP contribution < -0.4 is 5.32 Å². The molecule has 0 bridgehead atoms. The van der Waals surface area contributed by atoms with E-state index in [4.69, 9.17) is 4.42 Å². The molecular weight excluding hydrogens is 254 g/mol. The lowest BCUT2D eigenvalue weighted by atomic mass is 10.3. The van der Waals surface area contributed by atoms with Gasteiger partial charge in [0.05, 0.1) is 11.0 Å². The van der Waals surface area contributed by atoms with Gasteiger partial charge >= 0.3 is 0 Å². The Balaban J connectivity index is 2.09. The van der Waals surface area contributed by atoms with Crippen molar-refractivity contribution >= 4 is 34.6 Å². The average Bonchev–Trinajstić information content (AvgIpc) is 2.76. The third-order valence-electron chi connectivity index (χ3n) is 2.38. The maximum atomic E-state index is 10.6. The molecule has 0 aliphatic heterocycles. The third kappa shape index (κ3) is 2.92. The molecule has 1 N–H and O–H groups in total. The molecule has 0 unspecified atom stereocenters. The van der Waals surface area contributed by atoms with Crippen LogP contribution in [0.2, 0.25) is 0 Å². The number of non-ortho nitro benzene ring substituents is 1. The zero-order valence-electron chi connectivity index (χ0n) is 9.88. The van der Waals surface area contributed by atoms with E-state index in [0.29, 0.717) is 17.1 Å². The summed E-state index contributed by atoms with van der Waals surface area (Å²) in [6, 6.07) is 4.80. The molecule has 6 nitrogen and oxygen atoms in total. The summed E-state index contributed by atoms with van der Waals surface area (Å²) in [5.74, 6) is 1.07. The van der Waals surface area contributed by atoms with Gasteiger partial charge in [0.1, 0.15) is 5.52 Å². The number of nitrogens with zero attached hydrogens (tertiary/aromatic N) is 2. The van der Waals surface area contributed by atoms with Gasteiger partial charge in [-0.25, -0.2) is 0 Å². The number of nitrogens with one attached hydrogen (secondary N) is 1. The van der Waals surface area contributed by atoms with Crippen LogP contribution in [0.15, 0.2) is 22.6 Å². The summed E-state index contributed by atoms with van der Waals surface area (Å²) in [7, 11) is 0. The van der Waals surface area contributed by atoms with E-state index >= 15 is 0 Å². The van der Waals surface area contributed by atoms with Gasteiger partial charge in [0.25, 0.3) is 11.7 Å². The summed E-state index contributed by atoms with van der Waals surface area (Å²) in [5, 5.41) is 13.7. The second-order valence-corrected chi connectivity index (χ2v) is 4.69. The quantitative estimate of drug-likeness (QED) is 0.492. The van der Waals surface area contributed by atoms with E-state index in [1.807, 2.05) is 0 Å². The third-order valence-corrected chi connectivity index (χ3v) is 3.08. The second-order valence-electron chi connectivity index (χ2n) is 3.70. The second kappa shape index (κ2) is 5.72. The molecule has 2 aromatic rings. The number of oxazole rings is 1. The van der Waals surface area contributed by atoms with Crippen molar-refractivity contribution in [3.63, 3.8) is 0 Å². The first-order valence-corrected chi connectivity index (χ1v) is 6.88. The van der Waals surface area contributed by atoms with Gasteiger partial charge in [-0.3, -0.25) is 10.1 Å². The number of thioether (sulfide) groups is 1. The number of hydrogen-bond donors (Lipinski definition) is 1. The van der Waals surface area contributed by atoms with Crippen LogP contribution in [0.1, 0.15) is 6.42 Å². The Bertz CT molecular complexity index is 555. The lowest BCUT2D eigenvalue weighted by molar-refractivity contribution is -0.384. The lowest BCUT2D eigenvalue weighted by Gasteiger charge is -1.98. The highest BCUT2D eigenvalue weighted by Gasteiger charge is 2.11. The highest BCUT2D eigenvalue weighted by Crippen LogP contribution is 2.23. The average molecular weight is 267 g/mol. The van der Waals surface area contributed by atoms with Gasteiger partial charge in [-0.2, -0.15) is 16.7 Å². The first kappa shape index (κ1) is 12.7. The van der Waals surface area contributed by atoms with Crippen LogP contribution in [0.5, 0.6) is 0 Å². The number of rotatable bonds is 6. The molecule has 18 heavy (non-hydrogen) atoms. The molecule has 1 aromatic heterocycles. The normalized spacial score (nSPS) is 10.7. The van der Waals surface area contributed by atoms with Gasteiger partial charge < -0.3 is 9.73 Å². The monoisotopic (exact) mass is 267 g/mol. The van der Waals surface area contributed by atoms with Crippen molar-refractivity contribution in [3.8, 4) is 0 Å². The minimum atomic E-state index is -0.451. The predicted octanol–water partition coefficient (Wildman–Crippen LogP) is 2.90. The molecule has 0 saturated carbocycles. The minimum absolute atomic E-state index is 0.00702. The summed E-state index contributed by atoms with van der Waals surface area (Å²) < 4.78 is 5.41. The number of aromatic nitrogens is 1. The Hall–Kier alpha value is -1.76. The topological polar surface area (TPSA) is 81.2 Å². The summed E-state index contributed by atoms with van der Waals surface area (Å²) in [4.78, 5) is 14.4. The van der Waals surface area contributed by atoms with Crippen molar-refractivity contribution < 1.29 is 9.34 Å². The maximum Gasteiger partial charge on any atom is 0.295 e. The Morgan fingerprint density at radius 3 is 3.11 bits per heavy atom. The number of nitro benzene ring substituents is 1. The van der Waals surface area contributed by atoms with Crippen molar-refractivity contribution in [2.45, 2.75) is 6.42 Å². The molecule has 0 amide bonds. The summed E-state index contributed by atoms with van der Waals surface area (Å²) >= 11 is 1.78. The Kier molecular flexibility index (Phi) is 4.03. The first-order valence-electron chi connectivity index (χ1n) is 5.48. The number of anilines is 1. The van der Waals surface area contributed by atoms with E-state index in [9.17, 15) is 10.1 Å². The predicted molar refractivity (Wildman–Crippen MR) is 72.2 cm³/mol. The number of hydrogen-bond acceptors (Lipinski definition) is 6. The van der Waals surface area contributed by atoms with Crippen molar-refractivity contribution in [2.75, 3.05) is 23.9 Å². The molecule has 0 aliphatic carbocycles. The molecule has 0 atom stereocenters. The number of benzene rings is 1. The van der Waals surface area contributed by atoms with Crippen LogP contribution in [-0.2, 0) is 0 Å². The summed E-state index contributed by atoms with van der Waals surface area (Å²) in [6.07, 6.45) is 3.07. The smallest absolute Gasteiger partial charge is 0.295 e. The van der Waals surface area contributed by atoms with Crippen LogP contribution in [0.25, 0.3) is 11.1 Å². The maximum absolute atomic E-state index is 10.6. The molecule has 0 fully saturated rings. The van der Waals surface area contributed by atoms with Gasteiger partial charge in [0.15, 0.2) is 5.58 Å². The number of fused-ring (bicyclic) bond motifs is 1. The molecular formula is C11H13N3O3S. The van der Waals surface area contributed by atoms with Crippen molar-refractivity contribution in [1.82, 2.24) is 4.98 Å². The Labute approximate surface area is 108 Å². The Morgan fingerprint density at radius 2 is 2.39 bits per heavy atom. The first-order chi connectivity index (χ1) is 8.70. The Morgan fingerprint density at radius 1 is 1.56 bits per heavy atom. The van der Waals surface area contributed by atoms with Gasteiger partial charge in [0, 0.05) is 12.6 Å². The van der Waals surface area contributed by atoms with E-state index in [2.05, 4.69) is 16.6 Å². The molecule has 1 heterocycles. The van der Waals surface area contributed by atoms with Gasteiger partial charge in [0.2, 0.25) is 0 Å². The van der Waals surface area contributed by atoms with Crippen molar-refractivity contribution in [1.29, 1.82) is 0 Å². The molecule has 1 aromatic carbocycles. The van der Waals surface area contributed by atoms with Crippen LogP contribution in [0.4, 0.5) is 11.7 Å². The molecule has 0 saturated heterocycles. The minimum Gasteiger partial charge on any atom is -0.423 e. The van der Waals surface area contributed by atoms with Crippen LogP contribution >= 0.6 is 11.8 Å². The van der Waals surface area contributed by atoms with E-state index in [0.717, 1.165) is 18.7 Å². The summed E-state index contributed by atoms with van der Waals surface area (Å²) in [5.41, 5.74) is 1.05. The standard InChI is InChI=1S/C11H13N3O3S/c1-18-6-2-5-12-11-13-9-4-3-8(14(15)16)7-10(9)17-11/h3-4,7H,2,5-6H2,1H3,(H,12,13). The van der Waals surface area contributed by atoms with E-state index in [-0.39, 0.29) is 5.69 Å². The molecule has 2 rings (SSSR count). The molecule has 0 spiro atoms. The SMILES string of the molecule is CSCCCNc1nc2ccc([N+](=O)[O-])cc2o1. The zero-order valence-corrected chi connectivity index (χ0v) is 10.7. The van der Waals surface area contributed by atoms with Crippen LogP contribution in [0.3, 0.4) is 0 Å². The highest BCUT2D eigenvalue weighted by molar-refractivity contribution is 7.98. The van der Waals surface area contributed by atoms with E-state index < -0.39 is 4.92 Å². The van der Waals surface area contributed by atoms with Crippen LogP contribution in [0, 0.1) is 10.1 Å². The van der Waals surface area contributed by atoms with Crippen molar-refractivity contribution in [3.05, 3.63) is 28.3 Å². The van der Waals surface area contributed by atoms with E-state index in [1.54, 1.807) is 17.8 Å². The lowest BCUT2D eigenvalue weighted by Crippen LogP contribution is -2.02. The van der Waals surface area contributed by atoms with E-state index in [1.165, 1.54) is 12.1 Å². The van der Waals surface area contributed by atoms with Crippen LogP contribution in [-0.4, -0.2) is 28.5 Å². The molecule has 7 heteroatoms. The van der Waals surface area contributed by atoms with Gasteiger partial charge in [-0.05, 0) is 24.5 Å². The number of nitro groups is 1. The molecule has 96 valence electrons. The summed E-state index contributed by atoms with van der Waals surface area (Å²) in [6.45, 7) is 0.774. The highest BCUT2D eigenvalue weighted by atomic mass is 32.2. The fourth-order valence-corrected chi connectivity index (χ4v) is 1.95. The fourth-order valence-electron chi connectivity index (χ4n) is 1.51. The largest absolute Gasteiger partial charge is 0.423 e. The molecule has 0 radical (unpaired) electrons. The fraction of sp³-hybridized carbons (Fsp3) is 0.364. The zero-order chi connectivity index (χ0) is 13.0.